The lowest BCUT2D eigenvalue weighted by atomic mass is 10.2. The van der Waals surface area contributed by atoms with E-state index in [1.807, 2.05) is 0 Å². The SMILES string of the molecule is Fc1ccc(SCc2nc(-c3ccc(Cl)cc3)no2)cc1F. The number of benzene rings is 2. The van der Waals surface area contributed by atoms with Gasteiger partial charge in [0.25, 0.3) is 0 Å². The Balaban J connectivity index is 1.69. The molecule has 0 amide bonds. The Bertz CT molecular complexity index is 792. The predicted molar refractivity (Wildman–Crippen MR) is 80.7 cm³/mol. The summed E-state index contributed by atoms with van der Waals surface area (Å²) in [6, 6.07) is 10.8. The molecule has 7 heteroatoms. The van der Waals surface area contributed by atoms with Gasteiger partial charge >= 0.3 is 0 Å². The van der Waals surface area contributed by atoms with Crippen LogP contribution in [0.2, 0.25) is 5.02 Å². The first-order valence-electron chi connectivity index (χ1n) is 6.28. The molecule has 0 saturated heterocycles. The van der Waals surface area contributed by atoms with Crippen LogP contribution in [0.1, 0.15) is 5.89 Å². The number of nitrogens with zero attached hydrogens (tertiary/aromatic N) is 2. The van der Waals surface area contributed by atoms with Gasteiger partial charge in [0.05, 0.1) is 5.75 Å². The highest BCUT2D eigenvalue weighted by molar-refractivity contribution is 7.98. The van der Waals surface area contributed by atoms with Crippen LogP contribution in [0, 0.1) is 11.6 Å². The Hall–Kier alpha value is -1.92. The molecule has 22 heavy (non-hydrogen) atoms. The fraction of sp³-hybridized carbons (Fsp3) is 0.0667. The van der Waals surface area contributed by atoms with Crippen LogP contribution >= 0.6 is 23.4 Å². The number of rotatable bonds is 4. The van der Waals surface area contributed by atoms with E-state index in [9.17, 15) is 8.78 Å². The van der Waals surface area contributed by atoms with Gasteiger partial charge in [-0.15, -0.1) is 11.8 Å². The van der Waals surface area contributed by atoms with E-state index >= 15 is 0 Å². The summed E-state index contributed by atoms with van der Waals surface area (Å²) >= 11 is 7.10. The maximum absolute atomic E-state index is 13.1. The number of thioether (sulfide) groups is 1. The summed E-state index contributed by atoms with van der Waals surface area (Å²) in [5, 5.41) is 4.51. The topological polar surface area (TPSA) is 38.9 Å². The van der Waals surface area contributed by atoms with Gasteiger partial charge < -0.3 is 4.52 Å². The van der Waals surface area contributed by atoms with Crippen molar-refractivity contribution in [3.63, 3.8) is 0 Å². The first-order chi connectivity index (χ1) is 10.6. The van der Waals surface area contributed by atoms with E-state index in [1.165, 1.54) is 17.8 Å². The van der Waals surface area contributed by atoms with E-state index in [4.69, 9.17) is 16.1 Å². The molecule has 0 spiro atoms. The molecule has 3 nitrogen and oxygen atoms in total. The van der Waals surface area contributed by atoms with Gasteiger partial charge in [-0.05, 0) is 42.5 Å². The third kappa shape index (κ3) is 3.45. The second kappa shape index (κ2) is 6.46. The predicted octanol–water partition coefficient (Wildman–Crippen LogP) is 4.96. The molecule has 3 rings (SSSR count). The molecule has 0 fully saturated rings. The van der Waals surface area contributed by atoms with Crippen molar-refractivity contribution in [3.05, 3.63) is 65.0 Å². The van der Waals surface area contributed by atoms with Gasteiger partial charge in [-0.3, -0.25) is 0 Å². The summed E-state index contributed by atoms with van der Waals surface area (Å²) in [6.07, 6.45) is 0. The molecule has 0 radical (unpaired) electrons. The third-order valence-electron chi connectivity index (χ3n) is 2.82. The summed E-state index contributed by atoms with van der Waals surface area (Å²) in [4.78, 5) is 4.84. The lowest BCUT2D eigenvalue weighted by Crippen LogP contribution is -1.85. The van der Waals surface area contributed by atoms with Crippen molar-refractivity contribution in [1.29, 1.82) is 0 Å². The van der Waals surface area contributed by atoms with Crippen LogP contribution in [0.25, 0.3) is 11.4 Å². The van der Waals surface area contributed by atoms with Crippen molar-refractivity contribution in [3.8, 4) is 11.4 Å². The van der Waals surface area contributed by atoms with Gasteiger partial charge in [-0.1, -0.05) is 16.8 Å². The molecule has 0 unspecified atom stereocenters. The maximum Gasteiger partial charge on any atom is 0.237 e. The number of aromatic nitrogens is 2. The van der Waals surface area contributed by atoms with Crippen molar-refractivity contribution in [1.82, 2.24) is 10.1 Å². The largest absolute Gasteiger partial charge is 0.338 e. The second-order valence-corrected chi connectivity index (χ2v) is 5.87. The van der Waals surface area contributed by atoms with Crippen molar-refractivity contribution >= 4 is 23.4 Å². The van der Waals surface area contributed by atoms with E-state index in [0.29, 0.717) is 27.4 Å². The minimum Gasteiger partial charge on any atom is -0.338 e. The number of hydrogen-bond donors (Lipinski definition) is 0. The normalized spacial score (nSPS) is 10.9. The highest BCUT2D eigenvalue weighted by Crippen LogP contribution is 2.25. The minimum atomic E-state index is -0.877. The molecule has 1 heterocycles. The Labute approximate surface area is 134 Å². The van der Waals surface area contributed by atoms with Gasteiger partial charge in [-0.25, -0.2) is 8.78 Å². The fourth-order valence-electron chi connectivity index (χ4n) is 1.74. The van der Waals surface area contributed by atoms with Crippen molar-refractivity contribution < 1.29 is 13.3 Å². The highest BCUT2D eigenvalue weighted by atomic mass is 35.5. The summed E-state index contributed by atoms with van der Waals surface area (Å²) < 4.78 is 31.1. The first kappa shape index (κ1) is 15.0. The summed E-state index contributed by atoms with van der Waals surface area (Å²) in [5.74, 6) is -0.521. The standard InChI is InChI=1S/C15H9ClF2N2OS/c16-10-3-1-9(2-4-10)15-19-14(21-20-15)8-22-11-5-6-12(17)13(18)7-11/h1-7H,8H2. The molecule has 0 saturated carbocycles. The molecule has 1 aromatic heterocycles. The molecule has 0 bridgehead atoms. The van der Waals surface area contributed by atoms with Gasteiger partial charge in [0.1, 0.15) is 0 Å². The zero-order chi connectivity index (χ0) is 15.5. The van der Waals surface area contributed by atoms with Crippen LogP contribution in [0.3, 0.4) is 0 Å². The molecule has 0 aliphatic heterocycles. The zero-order valence-corrected chi connectivity index (χ0v) is 12.7. The molecule has 112 valence electrons. The molecule has 2 aromatic carbocycles. The van der Waals surface area contributed by atoms with Crippen LogP contribution in [0.5, 0.6) is 0 Å². The van der Waals surface area contributed by atoms with Crippen molar-refractivity contribution in [2.24, 2.45) is 0 Å². The average molecular weight is 339 g/mol. The van der Waals surface area contributed by atoms with Crippen molar-refractivity contribution in [2.45, 2.75) is 10.6 Å². The minimum absolute atomic E-state index is 0.367. The van der Waals surface area contributed by atoms with E-state index in [2.05, 4.69) is 10.1 Å². The van der Waals surface area contributed by atoms with E-state index in [0.717, 1.165) is 17.7 Å². The number of halogens is 3. The molecule has 0 aliphatic carbocycles. The average Bonchev–Trinajstić information content (AvgIpc) is 2.98. The van der Waals surface area contributed by atoms with Crippen molar-refractivity contribution in [2.75, 3.05) is 0 Å². The molecule has 0 aliphatic rings. The smallest absolute Gasteiger partial charge is 0.237 e. The van der Waals surface area contributed by atoms with Crippen LogP contribution in [0.15, 0.2) is 51.9 Å². The van der Waals surface area contributed by atoms with E-state index in [-0.39, 0.29) is 0 Å². The van der Waals surface area contributed by atoms with Gasteiger partial charge in [0.15, 0.2) is 11.6 Å². The molecular formula is C15H9ClF2N2OS. The van der Waals surface area contributed by atoms with Gasteiger partial charge in [0.2, 0.25) is 11.7 Å². The monoisotopic (exact) mass is 338 g/mol. The third-order valence-corrected chi connectivity index (χ3v) is 4.05. The lowest BCUT2D eigenvalue weighted by Gasteiger charge is -1.99. The fourth-order valence-corrected chi connectivity index (χ4v) is 2.63. The quantitative estimate of drug-likeness (QED) is 0.630. The van der Waals surface area contributed by atoms with Crippen LogP contribution in [-0.2, 0) is 5.75 Å². The Morgan fingerprint density at radius 2 is 1.82 bits per heavy atom. The van der Waals surface area contributed by atoms with E-state index < -0.39 is 11.6 Å². The van der Waals surface area contributed by atoms with Crippen LogP contribution in [-0.4, -0.2) is 10.1 Å². The first-order valence-corrected chi connectivity index (χ1v) is 7.64. The van der Waals surface area contributed by atoms with E-state index in [1.54, 1.807) is 24.3 Å². The summed E-state index contributed by atoms with van der Waals surface area (Å²) in [5.41, 5.74) is 0.789. The molecule has 0 N–H and O–H groups in total. The summed E-state index contributed by atoms with van der Waals surface area (Å²) in [7, 11) is 0. The Morgan fingerprint density at radius 3 is 2.55 bits per heavy atom. The van der Waals surface area contributed by atoms with Gasteiger partial charge in [-0.2, -0.15) is 4.98 Å². The molecule has 0 atom stereocenters. The van der Waals surface area contributed by atoms with Crippen LogP contribution < -0.4 is 0 Å². The second-order valence-electron chi connectivity index (χ2n) is 4.38. The Kier molecular flexibility index (Phi) is 4.40. The summed E-state index contributed by atoms with van der Waals surface area (Å²) in [6.45, 7) is 0. The number of hydrogen-bond acceptors (Lipinski definition) is 4. The molecular weight excluding hydrogens is 330 g/mol. The maximum atomic E-state index is 13.1. The molecule has 3 aromatic rings. The van der Waals surface area contributed by atoms with Gasteiger partial charge in [0, 0.05) is 15.5 Å². The highest BCUT2D eigenvalue weighted by Gasteiger charge is 2.10. The zero-order valence-electron chi connectivity index (χ0n) is 11.1. The Morgan fingerprint density at radius 1 is 1.05 bits per heavy atom. The lowest BCUT2D eigenvalue weighted by molar-refractivity contribution is 0.391. The van der Waals surface area contributed by atoms with Crippen LogP contribution in [0.4, 0.5) is 8.78 Å².